The number of halogens is 2. The molecule has 252 valence electrons. The van der Waals surface area contributed by atoms with Crippen molar-refractivity contribution in [3.8, 4) is 23.3 Å². The van der Waals surface area contributed by atoms with Gasteiger partial charge < -0.3 is 39.1 Å². The maximum Gasteiger partial charge on any atom is 0.295 e. The first-order chi connectivity index (χ1) is 24.2. The van der Waals surface area contributed by atoms with Gasteiger partial charge in [-0.2, -0.15) is 0 Å². The average Bonchev–Trinajstić information content (AvgIpc) is 3.60. The van der Waals surface area contributed by atoms with Gasteiger partial charge in [0, 0.05) is 30.8 Å². The van der Waals surface area contributed by atoms with E-state index in [0.717, 1.165) is 8.95 Å². The third-order valence-electron chi connectivity index (χ3n) is 7.49. The Balaban J connectivity index is 0.971. The minimum Gasteiger partial charge on any atom is -0.493 e. The lowest BCUT2D eigenvalue weighted by molar-refractivity contribution is -0.271. The molecule has 0 unspecified atom stereocenters. The minimum absolute atomic E-state index is 0.151. The average molecular weight is 804 g/mol. The Morgan fingerprint density at radius 2 is 1.04 bits per heavy atom. The molecule has 3 heterocycles. The van der Waals surface area contributed by atoms with E-state index >= 15 is 0 Å². The van der Waals surface area contributed by atoms with Crippen LogP contribution in [-0.4, -0.2) is 57.8 Å². The molecular formula is C34H24Br2N6O8. The number of rotatable bonds is 8. The standard InChI is InChI=1S/C34H24Br2N6O8/c35-19-5-11-25-23(15-19)27(31(45)37-25)39-41-29(43)17-1-7-21(8-2-17)49-33-34(48-14-13-47-33)50-22-9-3-18(4-10-22)30(44)42-40-28-24-16-20(36)6-12-26(24)38-32(28)46/h1-12,15-16,33-34,37-38,45-46H,13-14H2/t33-,34+. The van der Waals surface area contributed by atoms with Gasteiger partial charge >= 0.3 is 0 Å². The molecule has 0 spiro atoms. The Labute approximate surface area is 299 Å². The molecule has 1 aliphatic rings. The number of nitrogens with zero attached hydrogens (tertiary/aromatic N) is 4. The second kappa shape index (κ2) is 14.2. The monoisotopic (exact) mass is 802 g/mol. The molecule has 4 N–H and O–H groups in total. The number of carbonyl (C=O) groups excluding carboxylic acids is 2. The molecule has 0 aliphatic carbocycles. The molecule has 1 fully saturated rings. The zero-order valence-electron chi connectivity index (χ0n) is 25.5. The fourth-order valence-corrected chi connectivity index (χ4v) is 5.79. The first-order valence-corrected chi connectivity index (χ1v) is 16.5. The summed E-state index contributed by atoms with van der Waals surface area (Å²) in [4.78, 5) is 31.0. The number of hydrogen-bond donors (Lipinski definition) is 4. The van der Waals surface area contributed by atoms with Crippen molar-refractivity contribution in [2.45, 2.75) is 12.6 Å². The van der Waals surface area contributed by atoms with Crippen molar-refractivity contribution in [3.63, 3.8) is 0 Å². The quantitative estimate of drug-likeness (QED) is 0.110. The van der Waals surface area contributed by atoms with Crippen LogP contribution in [0.2, 0.25) is 0 Å². The van der Waals surface area contributed by atoms with E-state index in [1.807, 2.05) is 12.1 Å². The Kier molecular flexibility index (Phi) is 9.40. The van der Waals surface area contributed by atoms with Crippen LogP contribution in [0.25, 0.3) is 21.8 Å². The second-order valence-electron chi connectivity index (χ2n) is 10.8. The van der Waals surface area contributed by atoms with Crippen LogP contribution >= 0.6 is 31.9 Å². The molecule has 1 saturated heterocycles. The van der Waals surface area contributed by atoms with E-state index in [-0.39, 0.29) is 47.5 Å². The molecule has 2 amide bonds. The van der Waals surface area contributed by atoms with Crippen LogP contribution in [0.15, 0.2) is 114 Å². The number of benzene rings is 4. The lowest BCUT2D eigenvalue weighted by Crippen LogP contribution is -2.45. The summed E-state index contributed by atoms with van der Waals surface area (Å²) in [5.41, 5.74) is 2.09. The van der Waals surface area contributed by atoms with Gasteiger partial charge in [0.2, 0.25) is 11.8 Å². The van der Waals surface area contributed by atoms with Crippen LogP contribution in [0.4, 0.5) is 11.4 Å². The molecule has 2 aromatic heterocycles. The maximum absolute atomic E-state index is 12.7. The van der Waals surface area contributed by atoms with E-state index < -0.39 is 24.4 Å². The van der Waals surface area contributed by atoms with Gasteiger partial charge in [0.1, 0.15) is 11.5 Å². The molecule has 7 rings (SSSR count). The zero-order chi connectivity index (χ0) is 34.8. The van der Waals surface area contributed by atoms with Gasteiger partial charge in [-0.15, -0.1) is 20.5 Å². The summed E-state index contributed by atoms with van der Waals surface area (Å²) in [5.74, 6) is -0.885. The Hall–Kier alpha value is -5.42. The number of aromatic nitrogens is 2. The van der Waals surface area contributed by atoms with Gasteiger partial charge in [-0.3, -0.25) is 9.59 Å². The summed E-state index contributed by atoms with van der Waals surface area (Å²) in [6.07, 6.45) is -1.90. The summed E-state index contributed by atoms with van der Waals surface area (Å²) >= 11 is 6.77. The normalized spacial score (nSPS) is 16.4. The molecule has 50 heavy (non-hydrogen) atoms. The van der Waals surface area contributed by atoms with Gasteiger partial charge in [-0.1, -0.05) is 31.9 Å². The van der Waals surface area contributed by atoms with Crippen LogP contribution in [0.5, 0.6) is 23.3 Å². The third-order valence-corrected chi connectivity index (χ3v) is 8.47. The highest BCUT2D eigenvalue weighted by atomic mass is 79.9. The fraction of sp³-hybridized carbons (Fsp3) is 0.118. The summed E-state index contributed by atoms with van der Waals surface area (Å²) in [5, 5.41) is 37.2. The first-order valence-electron chi connectivity index (χ1n) is 14.9. The van der Waals surface area contributed by atoms with Crippen molar-refractivity contribution in [2.24, 2.45) is 20.5 Å². The molecule has 6 aromatic rings. The fourth-order valence-electron chi connectivity index (χ4n) is 5.07. The van der Waals surface area contributed by atoms with Gasteiger partial charge in [-0.05, 0) is 84.9 Å². The number of azo groups is 2. The highest BCUT2D eigenvalue weighted by molar-refractivity contribution is 9.10. The number of aromatic hydroxyl groups is 2. The molecule has 0 radical (unpaired) electrons. The lowest BCUT2D eigenvalue weighted by Gasteiger charge is -2.31. The molecule has 0 bridgehead atoms. The minimum atomic E-state index is -0.951. The van der Waals surface area contributed by atoms with Gasteiger partial charge in [-0.25, -0.2) is 0 Å². The molecule has 14 nitrogen and oxygen atoms in total. The molecule has 2 atom stereocenters. The van der Waals surface area contributed by atoms with Crippen molar-refractivity contribution >= 4 is 76.9 Å². The predicted octanol–water partition coefficient (Wildman–Crippen LogP) is 8.59. The van der Waals surface area contributed by atoms with E-state index in [4.69, 9.17) is 18.9 Å². The smallest absolute Gasteiger partial charge is 0.295 e. The number of H-pyrrole nitrogens is 2. The second-order valence-corrected chi connectivity index (χ2v) is 12.6. The van der Waals surface area contributed by atoms with Crippen LogP contribution in [-0.2, 0) is 9.47 Å². The molecule has 16 heteroatoms. The van der Waals surface area contributed by atoms with Crippen molar-refractivity contribution < 1.29 is 38.7 Å². The van der Waals surface area contributed by atoms with E-state index in [1.165, 1.54) is 24.3 Å². The van der Waals surface area contributed by atoms with Crippen LogP contribution in [0, 0.1) is 0 Å². The highest BCUT2D eigenvalue weighted by Gasteiger charge is 2.31. The highest BCUT2D eigenvalue weighted by Crippen LogP contribution is 2.38. The van der Waals surface area contributed by atoms with Crippen LogP contribution < -0.4 is 9.47 Å². The molecular weight excluding hydrogens is 780 g/mol. The third kappa shape index (κ3) is 7.13. The van der Waals surface area contributed by atoms with E-state index in [9.17, 15) is 19.8 Å². The molecule has 4 aromatic carbocycles. The number of fused-ring (bicyclic) bond motifs is 2. The summed E-state index contributed by atoms with van der Waals surface area (Å²) in [6, 6.07) is 23.0. The van der Waals surface area contributed by atoms with Crippen molar-refractivity contribution in [1.29, 1.82) is 0 Å². The SMILES string of the molecule is O=C(N=Nc1c(O)[nH]c2ccc(Br)cc12)c1ccc(O[C@H]2OCCO[C@H]2Oc2ccc(C(=O)N=Nc3c(O)[nH]c4ccc(Br)cc34)cc2)cc1. The van der Waals surface area contributed by atoms with Crippen LogP contribution in [0.3, 0.4) is 0 Å². The largest absolute Gasteiger partial charge is 0.493 e. The van der Waals surface area contributed by atoms with Gasteiger partial charge in [0.05, 0.1) is 24.2 Å². The number of hydrogen-bond acceptors (Lipinski definition) is 10. The van der Waals surface area contributed by atoms with Crippen molar-refractivity contribution in [1.82, 2.24) is 9.97 Å². The van der Waals surface area contributed by atoms with E-state index in [1.54, 1.807) is 48.5 Å². The van der Waals surface area contributed by atoms with Crippen LogP contribution in [0.1, 0.15) is 20.7 Å². The topological polar surface area (TPSA) is 193 Å². The summed E-state index contributed by atoms with van der Waals surface area (Å²) in [7, 11) is 0. The zero-order valence-corrected chi connectivity index (χ0v) is 28.7. The van der Waals surface area contributed by atoms with Gasteiger partial charge in [0.25, 0.3) is 24.4 Å². The summed E-state index contributed by atoms with van der Waals surface area (Å²) < 4.78 is 25.0. The molecule has 1 aliphatic heterocycles. The predicted molar refractivity (Wildman–Crippen MR) is 187 cm³/mol. The van der Waals surface area contributed by atoms with Crippen molar-refractivity contribution in [2.75, 3.05) is 13.2 Å². The molecule has 0 saturated carbocycles. The number of ether oxygens (including phenoxy) is 4. The number of carbonyl (C=O) groups is 2. The Morgan fingerprint density at radius 3 is 1.44 bits per heavy atom. The van der Waals surface area contributed by atoms with E-state index in [0.29, 0.717) is 33.3 Å². The number of aromatic amines is 2. The number of amides is 2. The summed E-state index contributed by atoms with van der Waals surface area (Å²) in [6.45, 7) is 0.528. The lowest BCUT2D eigenvalue weighted by atomic mass is 10.2. The van der Waals surface area contributed by atoms with E-state index in [2.05, 4.69) is 62.3 Å². The number of nitrogens with one attached hydrogen (secondary N) is 2. The Morgan fingerprint density at radius 1 is 0.640 bits per heavy atom. The van der Waals surface area contributed by atoms with Crippen molar-refractivity contribution in [3.05, 3.63) is 105 Å². The van der Waals surface area contributed by atoms with Gasteiger partial charge in [0.15, 0.2) is 11.4 Å². The maximum atomic E-state index is 12.7. The Bertz CT molecular complexity index is 2120. The first kappa shape index (κ1) is 33.1.